The van der Waals surface area contributed by atoms with Crippen LogP contribution in [-0.4, -0.2) is 0 Å². The summed E-state index contributed by atoms with van der Waals surface area (Å²) in [5, 5.41) is 5.20. The zero-order valence-electron chi connectivity index (χ0n) is 12.6. The van der Waals surface area contributed by atoms with Gasteiger partial charge >= 0.3 is 0 Å². The quantitative estimate of drug-likeness (QED) is 0.188. The predicted octanol–water partition coefficient (Wildman–Crippen LogP) is 2.09. The molecule has 0 aliphatic heterocycles. The van der Waals surface area contributed by atoms with E-state index < -0.39 is 0 Å². The highest BCUT2D eigenvalue weighted by atomic mass is 127. The van der Waals surface area contributed by atoms with E-state index in [4.69, 9.17) is 0 Å². The second-order valence-corrected chi connectivity index (χ2v) is 6.65. The Kier molecular flexibility index (Phi) is 4.55. The minimum atomic E-state index is 0. The third kappa shape index (κ3) is 2.81. The lowest BCUT2D eigenvalue weighted by Crippen LogP contribution is -3.00. The van der Waals surface area contributed by atoms with Gasteiger partial charge in [-0.25, -0.2) is 0 Å². The van der Waals surface area contributed by atoms with Crippen LogP contribution in [0.2, 0.25) is 0 Å². The van der Waals surface area contributed by atoms with Gasteiger partial charge in [-0.2, -0.15) is 4.57 Å². The van der Waals surface area contributed by atoms with Crippen LogP contribution in [0.25, 0.3) is 32.7 Å². The van der Waals surface area contributed by atoms with Crippen LogP contribution in [0.15, 0.2) is 72.9 Å². The molecule has 3 aromatic carbocycles. The molecule has 4 rings (SSSR count). The van der Waals surface area contributed by atoms with E-state index in [9.17, 15) is 0 Å². The lowest BCUT2D eigenvalue weighted by molar-refractivity contribution is -0.684. The minimum absolute atomic E-state index is 0. The largest absolute Gasteiger partial charge is 1.00 e. The number of pyridine rings is 1. The molecule has 0 atom stereocenters. The summed E-state index contributed by atoms with van der Waals surface area (Å²) in [7, 11) is 2.08. The van der Waals surface area contributed by atoms with Gasteiger partial charge in [0.15, 0.2) is 6.20 Å². The Morgan fingerprint density at radius 3 is 1.91 bits per heavy atom. The number of fused-ring (bicyclic) bond motifs is 2. The van der Waals surface area contributed by atoms with Crippen molar-refractivity contribution in [2.24, 2.45) is 7.05 Å². The first kappa shape index (κ1) is 16.2. The van der Waals surface area contributed by atoms with E-state index in [0.717, 1.165) is 0 Å². The van der Waals surface area contributed by atoms with Crippen molar-refractivity contribution in [3.63, 3.8) is 0 Å². The summed E-state index contributed by atoms with van der Waals surface area (Å²) in [6.45, 7) is 0. The molecule has 0 fully saturated rings. The Labute approximate surface area is 155 Å². The first-order valence-electron chi connectivity index (χ1n) is 7.30. The summed E-state index contributed by atoms with van der Waals surface area (Å²) in [5.41, 5.74) is 2.60. The number of nitrogens with zero attached hydrogens (tertiary/aromatic N) is 1. The number of aryl methyl sites for hydroxylation is 1. The number of hydrogen-bond donors (Lipinski definition) is 0. The fourth-order valence-corrected chi connectivity index (χ4v) is 3.52. The molecule has 0 aliphatic carbocycles. The van der Waals surface area contributed by atoms with Crippen LogP contribution in [0.1, 0.15) is 0 Å². The van der Waals surface area contributed by atoms with Gasteiger partial charge in [0, 0.05) is 34.7 Å². The summed E-state index contributed by atoms with van der Waals surface area (Å²) < 4.78 is 3.37. The maximum atomic E-state index is 2.39. The fraction of sp³-hybridized carbons (Fsp3) is 0.0500. The van der Waals surface area contributed by atoms with Crippen LogP contribution in [0, 0.1) is 3.70 Å². The second-order valence-electron chi connectivity index (χ2n) is 5.54. The molecule has 0 unspecified atom stereocenters. The molecule has 0 saturated carbocycles. The van der Waals surface area contributed by atoms with Crippen molar-refractivity contribution in [1.82, 2.24) is 0 Å². The third-order valence-corrected chi connectivity index (χ3v) is 5.22. The highest BCUT2D eigenvalue weighted by molar-refractivity contribution is 14.1. The average Bonchev–Trinajstić information content (AvgIpc) is 2.55. The van der Waals surface area contributed by atoms with Gasteiger partial charge in [-0.05, 0) is 38.7 Å². The summed E-state index contributed by atoms with van der Waals surface area (Å²) >= 11 is 2.39. The Morgan fingerprint density at radius 1 is 0.783 bits per heavy atom. The molecule has 1 heterocycles. The van der Waals surface area contributed by atoms with Crippen LogP contribution in [0.5, 0.6) is 0 Å². The molecule has 0 bridgehead atoms. The molecular formula is C20H15ClIN. The number of hydrogen-bond acceptors (Lipinski definition) is 0. The zero-order valence-corrected chi connectivity index (χ0v) is 15.5. The lowest BCUT2D eigenvalue weighted by atomic mass is 9.92. The molecule has 0 N–H and O–H groups in total. The Morgan fingerprint density at radius 2 is 1.35 bits per heavy atom. The van der Waals surface area contributed by atoms with Gasteiger partial charge in [-0.1, -0.05) is 48.5 Å². The lowest BCUT2D eigenvalue weighted by Gasteiger charge is -2.11. The monoisotopic (exact) mass is 431 g/mol. The van der Waals surface area contributed by atoms with E-state index in [1.165, 1.54) is 36.4 Å². The molecule has 3 heteroatoms. The summed E-state index contributed by atoms with van der Waals surface area (Å²) in [6.07, 6.45) is 2.13. The normalized spacial score (nSPS) is 10.7. The smallest absolute Gasteiger partial charge is 0.241 e. The maximum Gasteiger partial charge on any atom is 0.241 e. The first-order valence-corrected chi connectivity index (χ1v) is 8.38. The molecule has 0 radical (unpaired) electrons. The Bertz CT molecular complexity index is 957. The van der Waals surface area contributed by atoms with E-state index in [1.807, 2.05) is 0 Å². The van der Waals surface area contributed by atoms with Crippen LogP contribution >= 0.6 is 22.6 Å². The molecular weight excluding hydrogens is 417 g/mol. The predicted molar refractivity (Wildman–Crippen MR) is 101 cm³/mol. The maximum absolute atomic E-state index is 2.39. The van der Waals surface area contributed by atoms with Crippen molar-refractivity contribution in [3.8, 4) is 11.1 Å². The molecule has 0 amide bonds. The van der Waals surface area contributed by atoms with Gasteiger partial charge in [-0.15, -0.1) is 0 Å². The Balaban J connectivity index is 0.00000156. The van der Waals surface area contributed by atoms with Crippen molar-refractivity contribution in [3.05, 3.63) is 76.6 Å². The third-order valence-electron chi connectivity index (χ3n) is 4.15. The minimum Gasteiger partial charge on any atom is -1.00 e. The summed E-state index contributed by atoms with van der Waals surface area (Å²) in [6, 6.07) is 24.0. The first-order chi connectivity index (χ1) is 10.7. The highest BCUT2D eigenvalue weighted by Crippen LogP contribution is 2.36. The van der Waals surface area contributed by atoms with E-state index >= 15 is 0 Å². The topological polar surface area (TPSA) is 3.88 Å². The van der Waals surface area contributed by atoms with Gasteiger partial charge in [0.2, 0.25) is 3.70 Å². The number of rotatable bonds is 1. The van der Waals surface area contributed by atoms with Gasteiger partial charge in [0.1, 0.15) is 7.05 Å². The number of aromatic nitrogens is 1. The van der Waals surface area contributed by atoms with Crippen LogP contribution in [0.3, 0.4) is 0 Å². The molecule has 0 aliphatic rings. The Hall–Kier alpha value is -1.65. The molecule has 0 saturated heterocycles. The zero-order chi connectivity index (χ0) is 15.1. The van der Waals surface area contributed by atoms with E-state index in [1.54, 1.807) is 0 Å². The molecule has 1 aromatic heterocycles. The fourth-order valence-electron chi connectivity index (χ4n) is 3.02. The SMILES string of the molecule is C[n+]1ccc(-c2c3ccccc3cc3ccccc23)cc1I.[Cl-]. The van der Waals surface area contributed by atoms with Crippen molar-refractivity contribution < 1.29 is 17.0 Å². The van der Waals surface area contributed by atoms with Gasteiger partial charge in [-0.3, -0.25) is 0 Å². The van der Waals surface area contributed by atoms with Crippen LogP contribution < -0.4 is 17.0 Å². The summed E-state index contributed by atoms with van der Waals surface area (Å²) in [5.74, 6) is 0. The molecule has 0 spiro atoms. The van der Waals surface area contributed by atoms with E-state index in [2.05, 4.69) is 107 Å². The van der Waals surface area contributed by atoms with Crippen molar-refractivity contribution in [2.45, 2.75) is 0 Å². The van der Waals surface area contributed by atoms with Crippen molar-refractivity contribution >= 4 is 44.1 Å². The van der Waals surface area contributed by atoms with E-state index in [-0.39, 0.29) is 12.4 Å². The van der Waals surface area contributed by atoms with Crippen molar-refractivity contribution in [1.29, 1.82) is 0 Å². The molecule has 23 heavy (non-hydrogen) atoms. The number of benzene rings is 3. The van der Waals surface area contributed by atoms with Crippen molar-refractivity contribution in [2.75, 3.05) is 0 Å². The highest BCUT2D eigenvalue weighted by Gasteiger charge is 2.12. The molecule has 114 valence electrons. The van der Waals surface area contributed by atoms with Gasteiger partial charge in [0.05, 0.1) is 0 Å². The second kappa shape index (κ2) is 6.46. The van der Waals surface area contributed by atoms with Gasteiger partial charge in [0.25, 0.3) is 0 Å². The standard InChI is InChI=1S/C20H15IN.ClH/c1-22-11-10-16(13-19(22)21)20-17-8-4-2-6-14(17)12-15-7-3-5-9-18(15)20;/h2-13H,1H3;1H/q+1;/p-1. The van der Waals surface area contributed by atoms with E-state index in [0.29, 0.717) is 0 Å². The average molecular weight is 432 g/mol. The molecule has 4 aromatic rings. The molecule has 1 nitrogen and oxygen atoms in total. The summed E-state index contributed by atoms with van der Waals surface area (Å²) in [4.78, 5) is 0. The number of halogens is 2. The van der Waals surface area contributed by atoms with Gasteiger partial charge < -0.3 is 12.4 Å². The van der Waals surface area contributed by atoms with Crippen LogP contribution in [-0.2, 0) is 7.05 Å². The van der Waals surface area contributed by atoms with Crippen LogP contribution in [0.4, 0.5) is 0 Å².